The predicted octanol–water partition coefficient (Wildman–Crippen LogP) is 5.30. The number of amides is 1. The summed E-state index contributed by atoms with van der Waals surface area (Å²) >= 11 is 0. The molecule has 2 N–H and O–H groups in total. The molecule has 0 atom stereocenters. The Bertz CT molecular complexity index is 1790. The van der Waals surface area contributed by atoms with E-state index in [-0.39, 0.29) is 47.2 Å². The molecule has 1 aliphatic rings. The normalized spacial score (nSPS) is 12.8. The molecule has 2 aromatic heterocycles. The quantitative estimate of drug-likeness (QED) is 0.230. The van der Waals surface area contributed by atoms with Crippen LogP contribution in [0.5, 0.6) is 11.5 Å². The lowest BCUT2D eigenvalue weighted by molar-refractivity contribution is 0.0766. The van der Waals surface area contributed by atoms with E-state index in [1.807, 2.05) is 0 Å². The lowest BCUT2D eigenvalue weighted by Gasteiger charge is -2.18. The maximum Gasteiger partial charge on any atom is 0.355 e. The number of anilines is 3. The maximum absolute atomic E-state index is 14.7. The zero-order valence-corrected chi connectivity index (χ0v) is 23.4. The summed E-state index contributed by atoms with van der Waals surface area (Å²) in [6, 6.07) is 12.2. The van der Waals surface area contributed by atoms with Crippen molar-refractivity contribution in [2.45, 2.75) is 18.8 Å². The molecule has 0 unspecified atom stereocenters. The molecule has 15 heteroatoms. The predicted molar refractivity (Wildman–Crippen MR) is 149 cm³/mol. The Hall–Kier alpha value is -4.92. The van der Waals surface area contributed by atoms with E-state index in [2.05, 4.69) is 15.3 Å². The number of carbonyl (C=O) groups excluding carboxylic acids is 1. The number of alkyl halides is 2. The smallest absolute Gasteiger partial charge is 0.355 e. The van der Waals surface area contributed by atoms with Crippen molar-refractivity contribution in [3.05, 3.63) is 89.2 Å². The maximum atomic E-state index is 14.7. The SMILES string of the molecule is COc1ccc(CN2Cc3nc(-c4c(F)cccc4F)cc(Nc4ccc(NS(=O)(=O)C(F)F)cn4)c3C2=O)c(OC)c1. The van der Waals surface area contributed by atoms with Crippen LogP contribution < -0.4 is 19.5 Å². The first-order valence-electron chi connectivity index (χ1n) is 12.5. The average Bonchev–Trinajstić information content (AvgIpc) is 3.28. The summed E-state index contributed by atoms with van der Waals surface area (Å²) < 4.78 is 90.3. The number of fused-ring (bicyclic) bond motifs is 1. The van der Waals surface area contributed by atoms with Crippen molar-refractivity contribution >= 4 is 33.1 Å². The number of ether oxygens (including phenoxy) is 2. The minimum absolute atomic E-state index is 0.00369. The third kappa shape index (κ3) is 6.02. The van der Waals surface area contributed by atoms with Gasteiger partial charge in [-0.2, -0.15) is 8.78 Å². The monoisotopic (exact) mass is 617 g/mol. The highest BCUT2D eigenvalue weighted by Gasteiger charge is 2.34. The molecular weight excluding hydrogens is 594 g/mol. The number of pyridine rings is 2. The zero-order valence-electron chi connectivity index (χ0n) is 22.6. The number of benzene rings is 2. The van der Waals surface area contributed by atoms with Gasteiger partial charge in [0.1, 0.15) is 29.0 Å². The highest BCUT2D eigenvalue weighted by atomic mass is 32.2. The lowest BCUT2D eigenvalue weighted by Crippen LogP contribution is -2.24. The van der Waals surface area contributed by atoms with Crippen LogP contribution in [0.3, 0.4) is 0 Å². The first-order chi connectivity index (χ1) is 20.5. The van der Waals surface area contributed by atoms with E-state index in [1.165, 1.54) is 43.4 Å². The van der Waals surface area contributed by atoms with E-state index in [9.17, 15) is 30.8 Å². The van der Waals surface area contributed by atoms with Crippen LogP contribution in [0.15, 0.2) is 60.8 Å². The Balaban J connectivity index is 1.52. The minimum Gasteiger partial charge on any atom is -0.497 e. The van der Waals surface area contributed by atoms with E-state index in [0.29, 0.717) is 17.1 Å². The number of carbonyl (C=O) groups is 1. The van der Waals surface area contributed by atoms with Crippen LogP contribution in [-0.2, 0) is 23.1 Å². The first kappa shape index (κ1) is 29.6. The fourth-order valence-corrected chi connectivity index (χ4v) is 5.06. The molecule has 0 radical (unpaired) electrons. The van der Waals surface area contributed by atoms with Crippen LogP contribution in [0.4, 0.5) is 34.8 Å². The molecule has 1 amide bonds. The topological polar surface area (TPSA) is 123 Å². The fourth-order valence-electron chi connectivity index (χ4n) is 4.52. The number of methoxy groups -OCH3 is 2. The summed E-state index contributed by atoms with van der Waals surface area (Å²) in [5.41, 5.74) is 0.429. The Morgan fingerprint density at radius 2 is 1.74 bits per heavy atom. The summed E-state index contributed by atoms with van der Waals surface area (Å²) in [6.45, 7) is 0.117. The number of sulfonamides is 1. The third-order valence-electron chi connectivity index (χ3n) is 6.53. The number of rotatable bonds is 10. The van der Waals surface area contributed by atoms with Crippen molar-refractivity contribution in [2.24, 2.45) is 0 Å². The van der Waals surface area contributed by atoms with Crippen LogP contribution in [0.2, 0.25) is 0 Å². The molecule has 5 rings (SSSR count). The second kappa shape index (κ2) is 11.8. The van der Waals surface area contributed by atoms with Gasteiger partial charge in [0, 0.05) is 11.6 Å². The van der Waals surface area contributed by atoms with Crippen molar-refractivity contribution in [1.29, 1.82) is 0 Å². The second-order valence-corrected chi connectivity index (χ2v) is 10.9. The average molecular weight is 618 g/mol. The summed E-state index contributed by atoms with van der Waals surface area (Å²) in [5.74, 6) is -4.69. The van der Waals surface area contributed by atoms with Crippen LogP contribution in [0.25, 0.3) is 11.3 Å². The van der Waals surface area contributed by atoms with Gasteiger partial charge in [0.25, 0.3) is 15.9 Å². The molecule has 0 bridgehead atoms. The van der Waals surface area contributed by atoms with Gasteiger partial charge in [-0.25, -0.2) is 27.2 Å². The molecule has 1 aliphatic heterocycles. The molecule has 4 aromatic rings. The van der Waals surface area contributed by atoms with Gasteiger partial charge >= 0.3 is 5.76 Å². The number of nitrogens with one attached hydrogen (secondary N) is 2. The second-order valence-electron chi connectivity index (χ2n) is 9.28. The highest BCUT2D eigenvalue weighted by Crippen LogP contribution is 2.37. The minimum atomic E-state index is -4.91. The highest BCUT2D eigenvalue weighted by molar-refractivity contribution is 7.93. The molecule has 43 heavy (non-hydrogen) atoms. The molecule has 0 fully saturated rings. The largest absolute Gasteiger partial charge is 0.497 e. The number of hydrogen-bond acceptors (Lipinski definition) is 8. The van der Waals surface area contributed by atoms with E-state index in [1.54, 1.807) is 22.9 Å². The van der Waals surface area contributed by atoms with Crippen molar-refractivity contribution in [2.75, 3.05) is 24.3 Å². The Morgan fingerprint density at radius 1 is 1.00 bits per heavy atom. The van der Waals surface area contributed by atoms with Gasteiger partial charge in [-0.1, -0.05) is 6.07 Å². The van der Waals surface area contributed by atoms with Crippen molar-refractivity contribution in [3.8, 4) is 22.8 Å². The molecule has 10 nitrogen and oxygen atoms in total. The van der Waals surface area contributed by atoms with Gasteiger partial charge in [0.05, 0.1) is 67.4 Å². The van der Waals surface area contributed by atoms with E-state index < -0.39 is 38.9 Å². The van der Waals surface area contributed by atoms with E-state index in [4.69, 9.17) is 9.47 Å². The van der Waals surface area contributed by atoms with Crippen molar-refractivity contribution in [3.63, 3.8) is 0 Å². The summed E-state index contributed by atoms with van der Waals surface area (Å²) in [6.07, 6.45) is 0.991. The van der Waals surface area contributed by atoms with Crippen molar-refractivity contribution in [1.82, 2.24) is 14.9 Å². The van der Waals surface area contributed by atoms with Crippen LogP contribution >= 0.6 is 0 Å². The molecule has 0 saturated carbocycles. The fraction of sp³-hybridized carbons (Fsp3) is 0.179. The van der Waals surface area contributed by atoms with Crippen molar-refractivity contribution < 1.29 is 40.2 Å². The van der Waals surface area contributed by atoms with Crippen LogP contribution in [0, 0.1) is 11.6 Å². The molecule has 2 aromatic carbocycles. The van der Waals surface area contributed by atoms with E-state index >= 15 is 0 Å². The zero-order chi connectivity index (χ0) is 30.9. The molecule has 0 aliphatic carbocycles. The van der Waals surface area contributed by atoms with Crippen LogP contribution in [-0.4, -0.2) is 49.2 Å². The van der Waals surface area contributed by atoms with Gasteiger partial charge < -0.3 is 19.7 Å². The van der Waals surface area contributed by atoms with Gasteiger partial charge in [0.2, 0.25) is 0 Å². The number of halogens is 4. The number of aromatic nitrogens is 2. The summed E-state index contributed by atoms with van der Waals surface area (Å²) in [4.78, 5) is 23.6. The Kier molecular flexibility index (Phi) is 8.08. The third-order valence-corrected chi connectivity index (χ3v) is 7.52. The number of nitrogens with zero attached hydrogens (tertiary/aromatic N) is 3. The number of hydrogen-bond donors (Lipinski definition) is 2. The standard InChI is InChI=1S/C28H23F4N5O5S/c1-41-17-8-6-15(23(10-17)42-2)13-37-14-22-26(27(37)38)21(11-20(34-22)25-18(29)4-3-5-19(25)30)35-24-9-7-16(12-33-24)36-43(39,40)28(31)32/h3-12,28,36H,13-14H2,1-2H3,(H,33,34,35). The van der Waals surface area contributed by atoms with Gasteiger partial charge in [0.15, 0.2) is 0 Å². The van der Waals surface area contributed by atoms with E-state index in [0.717, 1.165) is 18.3 Å². The van der Waals surface area contributed by atoms with Gasteiger partial charge in [-0.3, -0.25) is 9.52 Å². The molecular formula is C28H23F4N5O5S. The Morgan fingerprint density at radius 3 is 2.37 bits per heavy atom. The van der Waals surface area contributed by atoms with Gasteiger partial charge in [-0.05, 0) is 42.5 Å². The molecule has 3 heterocycles. The molecule has 0 spiro atoms. The Labute approximate surface area is 243 Å². The summed E-state index contributed by atoms with van der Waals surface area (Å²) in [5, 5.41) is 2.91. The molecule has 224 valence electrons. The van der Waals surface area contributed by atoms with Gasteiger partial charge in [-0.15, -0.1) is 0 Å². The first-order valence-corrected chi connectivity index (χ1v) is 14.1. The lowest BCUT2D eigenvalue weighted by atomic mass is 10.1. The molecule has 0 saturated heterocycles. The summed E-state index contributed by atoms with van der Waals surface area (Å²) in [7, 11) is -1.92. The van der Waals surface area contributed by atoms with Crippen LogP contribution in [0.1, 0.15) is 21.6 Å².